The van der Waals surface area contributed by atoms with Gasteiger partial charge in [-0.15, -0.1) is 0 Å². The molecule has 3 amide bonds. The lowest BCUT2D eigenvalue weighted by Gasteiger charge is -2.25. The van der Waals surface area contributed by atoms with Crippen LogP contribution in [0.25, 0.3) is 0 Å². The smallest absolute Gasteiger partial charge is 0.255 e. The van der Waals surface area contributed by atoms with Crippen LogP contribution >= 0.6 is 11.6 Å². The second kappa shape index (κ2) is 15.1. The summed E-state index contributed by atoms with van der Waals surface area (Å²) in [5.74, 6) is -0.611. The van der Waals surface area contributed by atoms with Crippen molar-refractivity contribution < 1.29 is 19.1 Å². The molecule has 0 aromatic heterocycles. The van der Waals surface area contributed by atoms with Crippen molar-refractivity contribution in [2.24, 2.45) is 11.8 Å². The van der Waals surface area contributed by atoms with Crippen molar-refractivity contribution in [3.63, 3.8) is 0 Å². The number of nitrogens with one attached hydrogen (secondary N) is 3. The van der Waals surface area contributed by atoms with Crippen LogP contribution in [0.15, 0.2) is 78.9 Å². The van der Waals surface area contributed by atoms with Gasteiger partial charge < -0.3 is 20.7 Å². The number of halogens is 1. The maximum absolute atomic E-state index is 13.5. The van der Waals surface area contributed by atoms with Crippen LogP contribution in [-0.2, 0) is 16.2 Å². The highest BCUT2D eigenvalue weighted by Crippen LogP contribution is 2.24. The van der Waals surface area contributed by atoms with E-state index in [-0.39, 0.29) is 29.9 Å². The van der Waals surface area contributed by atoms with E-state index in [0.29, 0.717) is 29.3 Å². The van der Waals surface area contributed by atoms with Gasteiger partial charge in [0.2, 0.25) is 11.8 Å². The predicted octanol–water partition coefficient (Wildman–Crippen LogP) is 6.23. The molecule has 0 aliphatic heterocycles. The van der Waals surface area contributed by atoms with Crippen molar-refractivity contribution in [1.82, 2.24) is 10.6 Å². The van der Waals surface area contributed by atoms with Gasteiger partial charge in [0, 0.05) is 10.7 Å². The molecule has 3 rings (SSSR count). The number of carbonyl (C=O) groups is 3. The van der Waals surface area contributed by atoms with E-state index in [0.717, 1.165) is 5.56 Å². The lowest BCUT2D eigenvalue weighted by molar-refractivity contribution is -0.128. The van der Waals surface area contributed by atoms with Crippen LogP contribution in [0.2, 0.25) is 5.02 Å². The Morgan fingerprint density at radius 3 is 1.93 bits per heavy atom. The molecule has 40 heavy (non-hydrogen) atoms. The molecule has 7 nitrogen and oxygen atoms in total. The lowest BCUT2D eigenvalue weighted by Crippen LogP contribution is -2.53. The maximum Gasteiger partial charge on any atom is 0.255 e. The first kappa shape index (κ1) is 30.7. The monoisotopic (exact) mass is 563 g/mol. The number of hydrogen-bond donors (Lipinski definition) is 3. The molecule has 3 aromatic rings. The molecule has 0 fully saturated rings. The van der Waals surface area contributed by atoms with E-state index >= 15 is 0 Å². The van der Waals surface area contributed by atoms with Crippen LogP contribution in [0.3, 0.4) is 0 Å². The minimum atomic E-state index is -0.868. The maximum atomic E-state index is 13.5. The van der Waals surface area contributed by atoms with Gasteiger partial charge in [-0.25, -0.2) is 0 Å². The van der Waals surface area contributed by atoms with Gasteiger partial charge in [-0.2, -0.15) is 0 Å². The minimum Gasteiger partial charge on any atom is -0.488 e. The first-order chi connectivity index (χ1) is 19.1. The van der Waals surface area contributed by atoms with Crippen LogP contribution in [0.1, 0.15) is 56.5 Å². The van der Waals surface area contributed by atoms with Gasteiger partial charge in [0.15, 0.2) is 0 Å². The number of benzene rings is 3. The van der Waals surface area contributed by atoms with Gasteiger partial charge in [0.1, 0.15) is 24.4 Å². The Balaban J connectivity index is 1.76. The summed E-state index contributed by atoms with van der Waals surface area (Å²) in [7, 11) is 0. The summed E-state index contributed by atoms with van der Waals surface area (Å²) in [6.07, 6.45) is 0.825. The third-order valence-electron chi connectivity index (χ3n) is 6.13. The van der Waals surface area contributed by atoms with Crippen LogP contribution in [0.5, 0.6) is 5.75 Å². The molecule has 8 heteroatoms. The number of amides is 3. The van der Waals surface area contributed by atoms with Crippen molar-refractivity contribution in [2.75, 3.05) is 5.32 Å². The summed E-state index contributed by atoms with van der Waals surface area (Å²) >= 11 is 6.22. The van der Waals surface area contributed by atoms with Crippen molar-refractivity contribution >= 4 is 35.0 Å². The number of para-hydroxylation sites is 1. The summed E-state index contributed by atoms with van der Waals surface area (Å²) in [5.41, 5.74) is 1.82. The first-order valence-corrected chi connectivity index (χ1v) is 13.9. The third kappa shape index (κ3) is 9.72. The molecule has 0 saturated heterocycles. The number of rotatable bonds is 13. The summed E-state index contributed by atoms with van der Waals surface area (Å²) in [6, 6.07) is 21.9. The Labute approximate surface area is 241 Å². The van der Waals surface area contributed by atoms with E-state index in [4.69, 9.17) is 16.3 Å². The highest BCUT2D eigenvalue weighted by atomic mass is 35.5. The number of carbonyl (C=O) groups excluding carboxylic acids is 3. The Bertz CT molecular complexity index is 1270. The molecule has 0 aliphatic carbocycles. The SMILES string of the molecule is CC(C)C[C@H](NC(=O)c1cc(Cl)ccc1OCc1ccccc1)C(=O)N[C@@H](CC(C)C)C(=O)Nc1ccccc1. The van der Waals surface area contributed by atoms with Gasteiger partial charge in [-0.3, -0.25) is 14.4 Å². The summed E-state index contributed by atoms with van der Waals surface area (Å²) in [4.78, 5) is 40.0. The van der Waals surface area contributed by atoms with E-state index in [2.05, 4.69) is 16.0 Å². The Kier molecular flexibility index (Phi) is 11.6. The highest BCUT2D eigenvalue weighted by Gasteiger charge is 2.29. The second-order valence-corrected chi connectivity index (χ2v) is 11.1. The molecule has 212 valence electrons. The average Bonchev–Trinajstić information content (AvgIpc) is 2.92. The van der Waals surface area contributed by atoms with Gasteiger partial charge >= 0.3 is 0 Å². The van der Waals surface area contributed by atoms with Crippen molar-refractivity contribution in [2.45, 2.75) is 59.2 Å². The zero-order valence-corrected chi connectivity index (χ0v) is 24.2. The van der Waals surface area contributed by atoms with Gasteiger partial charge in [-0.05, 0) is 60.6 Å². The standard InChI is InChI=1S/C32H38ClN3O4/c1-21(2)17-27(31(38)34-25-13-9-6-10-14-25)36-32(39)28(18-22(3)4)35-30(37)26-19-24(33)15-16-29(26)40-20-23-11-7-5-8-12-23/h5-16,19,21-22,27-28H,17-18,20H2,1-4H3,(H,34,38)(H,35,37)(H,36,39)/t27-,28-/m0/s1. The fraction of sp³-hybridized carbons (Fsp3) is 0.344. The Morgan fingerprint density at radius 2 is 1.32 bits per heavy atom. The molecule has 2 atom stereocenters. The highest BCUT2D eigenvalue weighted by molar-refractivity contribution is 6.31. The molecule has 0 aliphatic rings. The van der Waals surface area contributed by atoms with Crippen LogP contribution in [-0.4, -0.2) is 29.8 Å². The molecule has 3 N–H and O–H groups in total. The minimum absolute atomic E-state index is 0.103. The molecule has 0 saturated carbocycles. The molecule has 0 heterocycles. The molecule has 3 aromatic carbocycles. The van der Waals surface area contributed by atoms with E-state index in [9.17, 15) is 14.4 Å². The molecule has 0 radical (unpaired) electrons. The van der Waals surface area contributed by atoms with Crippen LogP contribution < -0.4 is 20.7 Å². The largest absolute Gasteiger partial charge is 0.488 e. The topological polar surface area (TPSA) is 96.5 Å². The summed E-state index contributed by atoms with van der Waals surface area (Å²) < 4.78 is 5.95. The van der Waals surface area contributed by atoms with E-state index in [1.807, 2.05) is 76.2 Å². The second-order valence-electron chi connectivity index (χ2n) is 10.6. The molecule has 0 spiro atoms. The van der Waals surface area contributed by atoms with E-state index < -0.39 is 23.9 Å². The summed E-state index contributed by atoms with van der Waals surface area (Å²) in [6.45, 7) is 8.17. The number of hydrogen-bond acceptors (Lipinski definition) is 4. The van der Waals surface area contributed by atoms with E-state index in [1.54, 1.807) is 24.3 Å². The van der Waals surface area contributed by atoms with Crippen molar-refractivity contribution in [3.05, 3.63) is 95.0 Å². The molecular formula is C32H38ClN3O4. The van der Waals surface area contributed by atoms with E-state index in [1.165, 1.54) is 6.07 Å². The quantitative estimate of drug-likeness (QED) is 0.229. The Hall–Kier alpha value is -3.84. The Morgan fingerprint density at radius 1 is 0.750 bits per heavy atom. The zero-order chi connectivity index (χ0) is 29.1. The first-order valence-electron chi connectivity index (χ1n) is 13.6. The van der Waals surface area contributed by atoms with Crippen molar-refractivity contribution in [1.29, 1.82) is 0 Å². The van der Waals surface area contributed by atoms with Crippen LogP contribution in [0.4, 0.5) is 5.69 Å². The third-order valence-corrected chi connectivity index (χ3v) is 6.37. The van der Waals surface area contributed by atoms with Gasteiger partial charge in [0.05, 0.1) is 5.56 Å². The van der Waals surface area contributed by atoms with Gasteiger partial charge in [0.25, 0.3) is 5.91 Å². The zero-order valence-electron chi connectivity index (χ0n) is 23.4. The fourth-order valence-electron chi connectivity index (χ4n) is 4.21. The number of anilines is 1. The average molecular weight is 564 g/mol. The predicted molar refractivity (Wildman–Crippen MR) is 159 cm³/mol. The molecule has 0 bridgehead atoms. The lowest BCUT2D eigenvalue weighted by atomic mass is 9.99. The summed E-state index contributed by atoms with van der Waals surface area (Å²) in [5, 5.41) is 8.98. The fourth-order valence-corrected chi connectivity index (χ4v) is 4.38. The molecular weight excluding hydrogens is 526 g/mol. The van der Waals surface area contributed by atoms with Crippen LogP contribution in [0, 0.1) is 11.8 Å². The normalized spacial score (nSPS) is 12.5. The number of ether oxygens (including phenoxy) is 1. The molecule has 0 unspecified atom stereocenters. The van der Waals surface area contributed by atoms with Gasteiger partial charge in [-0.1, -0.05) is 87.8 Å². The van der Waals surface area contributed by atoms with Crippen molar-refractivity contribution in [3.8, 4) is 5.75 Å².